The molecule has 0 unspecified atom stereocenters. The number of carboxylic acid groups (broad SMARTS) is 1. The maximum absolute atomic E-state index is 13.3. The van der Waals surface area contributed by atoms with Crippen molar-refractivity contribution in [3.8, 4) is 5.69 Å². The van der Waals surface area contributed by atoms with Gasteiger partial charge in [-0.05, 0) is 35.9 Å². The van der Waals surface area contributed by atoms with Crippen molar-refractivity contribution in [1.82, 2.24) is 20.1 Å². The number of hydrogen-bond donors (Lipinski definition) is 2. The molecule has 0 spiro atoms. The molecule has 0 aliphatic carbocycles. The zero-order valence-corrected chi connectivity index (χ0v) is 12.8. The summed E-state index contributed by atoms with van der Waals surface area (Å²) in [6.07, 6.45) is 2.95. The van der Waals surface area contributed by atoms with Crippen LogP contribution in [0.2, 0.25) is 0 Å². The lowest BCUT2D eigenvalue weighted by atomic mass is 10.1. The minimum Gasteiger partial charge on any atom is -0.479 e. The zero-order chi connectivity index (χ0) is 17.8. The van der Waals surface area contributed by atoms with Crippen LogP contribution in [0.4, 0.5) is 4.39 Å². The molecule has 1 aromatic heterocycles. The van der Waals surface area contributed by atoms with Gasteiger partial charge in [0, 0.05) is 11.3 Å². The van der Waals surface area contributed by atoms with Crippen molar-refractivity contribution in [2.45, 2.75) is 6.04 Å². The second-order valence-electron chi connectivity index (χ2n) is 5.22. The lowest BCUT2D eigenvalue weighted by Crippen LogP contribution is -2.33. The molecule has 25 heavy (non-hydrogen) atoms. The summed E-state index contributed by atoms with van der Waals surface area (Å²) in [6, 6.07) is 10.3. The van der Waals surface area contributed by atoms with Crippen LogP contribution in [0.15, 0.2) is 61.2 Å². The van der Waals surface area contributed by atoms with E-state index >= 15 is 0 Å². The summed E-state index contributed by atoms with van der Waals surface area (Å²) >= 11 is 0. The van der Waals surface area contributed by atoms with Gasteiger partial charge in [-0.3, -0.25) is 9.36 Å². The summed E-state index contributed by atoms with van der Waals surface area (Å²) in [6.45, 7) is 0. The zero-order valence-electron chi connectivity index (χ0n) is 12.8. The number of hydrogen-bond acceptors (Lipinski definition) is 4. The van der Waals surface area contributed by atoms with Crippen LogP contribution in [0, 0.1) is 5.82 Å². The molecule has 0 fully saturated rings. The molecule has 0 radical (unpaired) electrons. The molecule has 1 atom stereocenters. The lowest BCUT2D eigenvalue weighted by molar-refractivity contribution is -0.139. The Labute approximate surface area is 141 Å². The fraction of sp³-hybridized carbons (Fsp3) is 0.0588. The highest BCUT2D eigenvalue weighted by molar-refractivity contribution is 5.97. The van der Waals surface area contributed by atoms with Gasteiger partial charge in [0.25, 0.3) is 5.91 Å². The summed E-state index contributed by atoms with van der Waals surface area (Å²) < 4.78 is 15.0. The Balaban J connectivity index is 1.85. The molecule has 0 bridgehead atoms. The second kappa shape index (κ2) is 6.91. The summed E-state index contributed by atoms with van der Waals surface area (Å²) in [5.74, 6) is -2.45. The van der Waals surface area contributed by atoms with Crippen LogP contribution >= 0.6 is 0 Å². The van der Waals surface area contributed by atoms with E-state index in [1.165, 1.54) is 30.9 Å². The van der Waals surface area contributed by atoms with Crippen molar-refractivity contribution in [2.24, 2.45) is 0 Å². The molecule has 2 aromatic carbocycles. The third-order valence-electron chi connectivity index (χ3n) is 3.53. The highest BCUT2D eigenvalue weighted by Gasteiger charge is 2.23. The third kappa shape index (κ3) is 3.69. The fourth-order valence-electron chi connectivity index (χ4n) is 2.33. The van der Waals surface area contributed by atoms with Crippen LogP contribution in [-0.4, -0.2) is 31.7 Å². The van der Waals surface area contributed by atoms with Gasteiger partial charge in [-0.15, -0.1) is 10.2 Å². The van der Waals surface area contributed by atoms with E-state index < -0.39 is 23.7 Å². The van der Waals surface area contributed by atoms with E-state index in [0.29, 0.717) is 5.69 Å². The third-order valence-corrected chi connectivity index (χ3v) is 3.53. The summed E-state index contributed by atoms with van der Waals surface area (Å²) in [5, 5.41) is 19.1. The number of halogens is 1. The van der Waals surface area contributed by atoms with Gasteiger partial charge in [0.05, 0.1) is 0 Å². The number of carbonyl (C=O) groups is 2. The molecule has 7 nitrogen and oxygen atoms in total. The van der Waals surface area contributed by atoms with E-state index in [1.807, 2.05) is 0 Å². The van der Waals surface area contributed by atoms with Gasteiger partial charge in [0.2, 0.25) is 0 Å². The summed E-state index contributed by atoms with van der Waals surface area (Å²) in [7, 11) is 0. The molecule has 0 saturated heterocycles. The maximum Gasteiger partial charge on any atom is 0.330 e. The number of nitrogens with one attached hydrogen (secondary N) is 1. The largest absolute Gasteiger partial charge is 0.479 e. The normalized spacial score (nSPS) is 11.7. The van der Waals surface area contributed by atoms with Crippen molar-refractivity contribution >= 4 is 11.9 Å². The Morgan fingerprint density at radius 3 is 2.48 bits per heavy atom. The highest BCUT2D eigenvalue weighted by atomic mass is 19.1. The molecule has 8 heteroatoms. The first-order valence-corrected chi connectivity index (χ1v) is 7.29. The molecule has 2 N–H and O–H groups in total. The number of carbonyl (C=O) groups excluding carboxylic acids is 1. The number of benzene rings is 2. The van der Waals surface area contributed by atoms with Crippen LogP contribution in [-0.2, 0) is 4.79 Å². The van der Waals surface area contributed by atoms with Gasteiger partial charge in [0.1, 0.15) is 18.5 Å². The molecule has 3 rings (SSSR count). The number of rotatable bonds is 5. The van der Waals surface area contributed by atoms with E-state index in [2.05, 4.69) is 15.5 Å². The molecule has 1 heterocycles. The predicted octanol–water partition coefficient (Wildman–Crippen LogP) is 1.96. The van der Waals surface area contributed by atoms with Gasteiger partial charge in [-0.1, -0.05) is 18.2 Å². The number of carboxylic acids is 1. The fourth-order valence-corrected chi connectivity index (χ4v) is 2.33. The minimum atomic E-state index is -1.36. The van der Waals surface area contributed by atoms with Crippen LogP contribution in [0.25, 0.3) is 5.69 Å². The number of nitrogens with zero attached hydrogens (tertiary/aromatic N) is 3. The Kier molecular flexibility index (Phi) is 4.51. The molecular weight excluding hydrogens is 327 g/mol. The SMILES string of the molecule is O=C(N[C@H](C(=O)O)c1cccc(F)c1)c1cccc(-n2cnnc2)c1. The van der Waals surface area contributed by atoms with Crippen molar-refractivity contribution < 1.29 is 19.1 Å². The Morgan fingerprint density at radius 1 is 1.08 bits per heavy atom. The van der Waals surface area contributed by atoms with Crippen molar-refractivity contribution in [3.05, 3.63) is 78.1 Å². The van der Waals surface area contributed by atoms with E-state index in [0.717, 1.165) is 6.07 Å². The first-order valence-electron chi connectivity index (χ1n) is 7.29. The van der Waals surface area contributed by atoms with Crippen LogP contribution < -0.4 is 5.32 Å². The summed E-state index contributed by atoms with van der Waals surface area (Å²) in [5.41, 5.74) is 1.06. The highest BCUT2D eigenvalue weighted by Crippen LogP contribution is 2.16. The van der Waals surface area contributed by atoms with Crippen molar-refractivity contribution in [3.63, 3.8) is 0 Å². The van der Waals surface area contributed by atoms with Gasteiger partial charge in [-0.2, -0.15) is 0 Å². The first-order chi connectivity index (χ1) is 12.0. The van der Waals surface area contributed by atoms with E-state index in [4.69, 9.17) is 0 Å². The molecule has 126 valence electrons. The summed E-state index contributed by atoms with van der Waals surface area (Å²) in [4.78, 5) is 23.9. The van der Waals surface area contributed by atoms with E-state index in [-0.39, 0.29) is 11.1 Å². The molecule has 0 saturated carbocycles. The molecular formula is C17H13FN4O3. The Bertz CT molecular complexity index is 912. The average molecular weight is 340 g/mol. The topological polar surface area (TPSA) is 97.1 Å². The standard InChI is InChI=1S/C17H13FN4O3/c18-13-5-1-3-11(7-13)15(17(24)25)21-16(23)12-4-2-6-14(8-12)22-9-19-20-10-22/h1-10,15H,(H,21,23)(H,24,25)/t15-/m0/s1. The first kappa shape index (κ1) is 16.3. The van der Waals surface area contributed by atoms with Gasteiger partial charge >= 0.3 is 5.97 Å². The van der Waals surface area contributed by atoms with Gasteiger partial charge in [-0.25, -0.2) is 9.18 Å². The molecule has 1 amide bonds. The average Bonchev–Trinajstić information content (AvgIpc) is 3.14. The number of aliphatic carboxylic acids is 1. The number of amides is 1. The maximum atomic E-state index is 13.3. The van der Waals surface area contributed by atoms with Crippen LogP contribution in [0.5, 0.6) is 0 Å². The monoisotopic (exact) mass is 340 g/mol. The van der Waals surface area contributed by atoms with Crippen molar-refractivity contribution in [1.29, 1.82) is 0 Å². The molecule has 0 aliphatic rings. The quantitative estimate of drug-likeness (QED) is 0.740. The predicted molar refractivity (Wildman–Crippen MR) is 85.6 cm³/mol. The van der Waals surface area contributed by atoms with E-state index in [9.17, 15) is 19.1 Å². The molecule has 0 aliphatic heterocycles. The Hall–Kier alpha value is -3.55. The lowest BCUT2D eigenvalue weighted by Gasteiger charge is -2.15. The Morgan fingerprint density at radius 2 is 1.80 bits per heavy atom. The van der Waals surface area contributed by atoms with Crippen molar-refractivity contribution in [2.75, 3.05) is 0 Å². The number of aromatic nitrogens is 3. The minimum absolute atomic E-state index is 0.149. The molecule has 3 aromatic rings. The van der Waals surface area contributed by atoms with E-state index in [1.54, 1.807) is 28.8 Å². The van der Waals surface area contributed by atoms with Gasteiger partial charge < -0.3 is 10.4 Å². The second-order valence-corrected chi connectivity index (χ2v) is 5.22. The van der Waals surface area contributed by atoms with Crippen LogP contribution in [0.1, 0.15) is 22.0 Å². The van der Waals surface area contributed by atoms with Crippen LogP contribution in [0.3, 0.4) is 0 Å². The van der Waals surface area contributed by atoms with Gasteiger partial charge in [0.15, 0.2) is 6.04 Å². The smallest absolute Gasteiger partial charge is 0.330 e.